The normalized spacial score (nSPS) is 13.9. The maximum atomic E-state index is 13.3. The summed E-state index contributed by atoms with van der Waals surface area (Å²) in [6, 6.07) is 6.76. The molecule has 0 heterocycles. The lowest BCUT2D eigenvalue weighted by atomic mass is 10.0. The lowest BCUT2D eigenvalue weighted by molar-refractivity contribution is 0.376. The van der Waals surface area contributed by atoms with Crippen LogP contribution in [0.15, 0.2) is 24.3 Å². The van der Waals surface area contributed by atoms with Gasteiger partial charge in [-0.05, 0) is 26.8 Å². The van der Waals surface area contributed by atoms with E-state index in [0.29, 0.717) is 12.1 Å². The Morgan fingerprint density at radius 2 is 2.00 bits per heavy atom. The first kappa shape index (κ1) is 12.5. The SMILES string of the molecule is CC(Cl)C(C)(C)NCc1ccccc1F. The van der Waals surface area contributed by atoms with Crippen molar-refractivity contribution in [1.82, 2.24) is 5.32 Å². The molecule has 0 aromatic heterocycles. The molecule has 0 saturated carbocycles. The van der Waals surface area contributed by atoms with Crippen molar-refractivity contribution in [3.05, 3.63) is 35.6 Å². The number of benzene rings is 1. The van der Waals surface area contributed by atoms with Gasteiger partial charge in [-0.3, -0.25) is 0 Å². The Balaban J connectivity index is 2.62. The standard InChI is InChI=1S/C12H17ClFN/c1-9(13)12(2,3)15-8-10-6-4-5-7-11(10)14/h4-7,9,15H,8H2,1-3H3. The van der Waals surface area contributed by atoms with Gasteiger partial charge in [-0.2, -0.15) is 0 Å². The summed E-state index contributed by atoms with van der Waals surface area (Å²) in [5.41, 5.74) is 0.465. The van der Waals surface area contributed by atoms with E-state index in [-0.39, 0.29) is 16.7 Å². The second-order valence-electron chi connectivity index (χ2n) is 4.28. The van der Waals surface area contributed by atoms with Crippen molar-refractivity contribution >= 4 is 11.6 Å². The summed E-state index contributed by atoms with van der Waals surface area (Å²) in [4.78, 5) is 0. The molecule has 0 spiro atoms. The van der Waals surface area contributed by atoms with E-state index >= 15 is 0 Å². The zero-order valence-corrected chi connectivity index (χ0v) is 10.1. The lowest BCUT2D eigenvalue weighted by Crippen LogP contribution is -2.45. The van der Waals surface area contributed by atoms with Crippen molar-refractivity contribution in [2.45, 2.75) is 38.2 Å². The van der Waals surface area contributed by atoms with Gasteiger partial charge in [0, 0.05) is 23.0 Å². The second kappa shape index (κ2) is 4.95. The fraction of sp³-hybridized carbons (Fsp3) is 0.500. The van der Waals surface area contributed by atoms with Crippen molar-refractivity contribution in [2.75, 3.05) is 0 Å². The van der Waals surface area contributed by atoms with Crippen molar-refractivity contribution in [2.24, 2.45) is 0 Å². The Hall–Kier alpha value is -0.600. The topological polar surface area (TPSA) is 12.0 Å². The van der Waals surface area contributed by atoms with E-state index in [1.165, 1.54) is 6.07 Å². The van der Waals surface area contributed by atoms with Gasteiger partial charge in [0.2, 0.25) is 0 Å². The fourth-order valence-electron chi connectivity index (χ4n) is 1.11. The smallest absolute Gasteiger partial charge is 0.127 e. The number of halogens is 2. The minimum Gasteiger partial charge on any atom is -0.306 e. The van der Waals surface area contributed by atoms with Crippen LogP contribution in [-0.2, 0) is 6.54 Å². The molecule has 1 nitrogen and oxygen atoms in total. The first-order valence-electron chi connectivity index (χ1n) is 5.06. The summed E-state index contributed by atoms with van der Waals surface area (Å²) in [7, 11) is 0. The van der Waals surface area contributed by atoms with Crippen LogP contribution in [0.25, 0.3) is 0 Å². The van der Waals surface area contributed by atoms with E-state index in [9.17, 15) is 4.39 Å². The minimum atomic E-state index is -0.205. The summed E-state index contributed by atoms with van der Waals surface area (Å²) in [6.45, 7) is 6.43. The Kier molecular flexibility index (Phi) is 4.12. The third-order valence-corrected chi connectivity index (χ3v) is 3.23. The molecule has 1 N–H and O–H groups in total. The molecule has 1 atom stereocenters. The van der Waals surface area contributed by atoms with Crippen LogP contribution in [0.4, 0.5) is 4.39 Å². The van der Waals surface area contributed by atoms with Gasteiger partial charge in [0.25, 0.3) is 0 Å². The van der Waals surface area contributed by atoms with Crippen LogP contribution in [0.1, 0.15) is 26.3 Å². The van der Waals surface area contributed by atoms with E-state index in [1.54, 1.807) is 12.1 Å². The van der Waals surface area contributed by atoms with E-state index < -0.39 is 0 Å². The molecule has 1 unspecified atom stereocenters. The van der Waals surface area contributed by atoms with Gasteiger partial charge in [-0.1, -0.05) is 18.2 Å². The van der Waals surface area contributed by atoms with Crippen LogP contribution < -0.4 is 5.32 Å². The number of hydrogen-bond donors (Lipinski definition) is 1. The van der Waals surface area contributed by atoms with Gasteiger partial charge in [-0.25, -0.2) is 4.39 Å². The van der Waals surface area contributed by atoms with Crippen molar-refractivity contribution < 1.29 is 4.39 Å². The molecule has 1 rings (SSSR count). The maximum absolute atomic E-state index is 13.3. The first-order valence-corrected chi connectivity index (χ1v) is 5.49. The zero-order chi connectivity index (χ0) is 11.5. The van der Waals surface area contributed by atoms with Gasteiger partial charge >= 0.3 is 0 Å². The van der Waals surface area contributed by atoms with Crippen LogP contribution in [0, 0.1) is 5.82 Å². The molecule has 0 aliphatic heterocycles. The molecule has 0 fully saturated rings. The van der Waals surface area contributed by atoms with Crippen LogP contribution in [0.2, 0.25) is 0 Å². The number of alkyl halides is 1. The number of hydrogen-bond acceptors (Lipinski definition) is 1. The Morgan fingerprint density at radius 1 is 1.40 bits per heavy atom. The lowest BCUT2D eigenvalue weighted by Gasteiger charge is -2.29. The molecule has 0 amide bonds. The Labute approximate surface area is 95.6 Å². The summed E-state index contributed by atoms with van der Waals surface area (Å²) in [6.07, 6.45) is 0. The van der Waals surface area contributed by atoms with Crippen molar-refractivity contribution in [3.8, 4) is 0 Å². The van der Waals surface area contributed by atoms with Gasteiger partial charge in [0.15, 0.2) is 0 Å². The predicted octanol–water partition coefficient (Wildman–Crippen LogP) is 3.32. The van der Waals surface area contributed by atoms with Crippen LogP contribution in [-0.4, -0.2) is 10.9 Å². The zero-order valence-electron chi connectivity index (χ0n) is 9.35. The third kappa shape index (κ3) is 3.47. The number of nitrogens with one attached hydrogen (secondary N) is 1. The summed E-state index contributed by atoms with van der Waals surface area (Å²) < 4.78 is 13.3. The molecule has 0 aliphatic rings. The largest absolute Gasteiger partial charge is 0.306 e. The molecule has 0 radical (unpaired) electrons. The molecule has 15 heavy (non-hydrogen) atoms. The highest BCUT2D eigenvalue weighted by atomic mass is 35.5. The van der Waals surface area contributed by atoms with E-state index in [1.807, 2.05) is 26.8 Å². The highest BCUT2D eigenvalue weighted by molar-refractivity contribution is 6.21. The fourth-order valence-corrected chi connectivity index (χ4v) is 1.18. The van der Waals surface area contributed by atoms with E-state index in [4.69, 9.17) is 11.6 Å². The highest BCUT2D eigenvalue weighted by Crippen LogP contribution is 2.16. The molecular formula is C12H17ClFN. The molecule has 0 saturated heterocycles. The molecule has 1 aromatic rings. The Morgan fingerprint density at radius 3 is 2.53 bits per heavy atom. The second-order valence-corrected chi connectivity index (χ2v) is 4.94. The van der Waals surface area contributed by atoms with Crippen LogP contribution >= 0.6 is 11.6 Å². The molecule has 84 valence electrons. The highest BCUT2D eigenvalue weighted by Gasteiger charge is 2.23. The molecular weight excluding hydrogens is 213 g/mol. The predicted molar refractivity (Wildman–Crippen MR) is 62.6 cm³/mol. The number of rotatable bonds is 4. The van der Waals surface area contributed by atoms with Crippen molar-refractivity contribution in [1.29, 1.82) is 0 Å². The van der Waals surface area contributed by atoms with E-state index in [2.05, 4.69) is 5.32 Å². The molecule has 3 heteroatoms. The minimum absolute atomic E-state index is 0.00993. The van der Waals surface area contributed by atoms with Crippen LogP contribution in [0.5, 0.6) is 0 Å². The average molecular weight is 230 g/mol. The van der Waals surface area contributed by atoms with Crippen molar-refractivity contribution in [3.63, 3.8) is 0 Å². The van der Waals surface area contributed by atoms with Gasteiger partial charge < -0.3 is 5.32 Å². The molecule has 0 bridgehead atoms. The van der Waals surface area contributed by atoms with Crippen LogP contribution in [0.3, 0.4) is 0 Å². The summed E-state index contributed by atoms with van der Waals surface area (Å²) in [5, 5.41) is 3.23. The van der Waals surface area contributed by atoms with Gasteiger partial charge in [0.1, 0.15) is 5.82 Å². The van der Waals surface area contributed by atoms with E-state index in [0.717, 1.165) is 0 Å². The maximum Gasteiger partial charge on any atom is 0.127 e. The molecule has 0 aliphatic carbocycles. The monoisotopic (exact) mass is 229 g/mol. The summed E-state index contributed by atoms with van der Waals surface area (Å²) in [5.74, 6) is -0.178. The van der Waals surface area contributed by atoms with Gasteiger partial charge in [-0.15, -0.1) is 11.6 Å². The average Bonchev–Trinajstić information content (AvgIpc) is 2.16. The Bertz CT molecular complexity index is 323. The molecule has 1 aromatic carbocycles. The quantitative estimate of drug-likeness (QED) is 0.782. The third-order valence-electron chi connectivity index (χ3n) is 2.69. The van der Waals surface area contributed by atoms with Gasteiger partial charge in [0.05, 0.1) is 0 Å². The first-order chi connectivity index (χ1) is 6.93. The summed E-state index contributed by atoms with van der Waals surface area (Å²) >= 11 is 6.02.